The van der Waals surface area contributed by atoms with E-state index in [2.05, 4.69) is 37.5 Å². The summed E-state index contributed by atoms with van der Waals surface area (Å²) in [5.41, 5.74) is 5.86. The fourth-order valence-corrected chi connectivity index (χ4v) is 3.97. The zero-order valence-corrected chi connectivity index (χ0v) is 18.2. The van der Waals surface area contributed by atoms with E-state index < -0.39 is 0 Å². The summed E-state index contributed by atoms with van der Waals surface area (Å²) in [5, 5.41) is 11.1. The minimum absolute atomic E-state index is 0.185. The standard InChI is InChI=1S/C26H25N5O2/c32-26(29-23-6-1-19(2-7-23)18-31-11-13-33-14-12-31)8-5-21-16-27-10-9-24(21)20-3-4-22-17-28-30-25(22)15-20/h1-10,15-17H,11-14,18H2,(H,28,30)(H,29,32). The first-order chi connectivity index (χ1) is 16.2. The topological polar surface area (TPSA) is 83.1 Å². The number of H-pyrrole nitrogens is 1. The van der Waals surface area contributed by atoms with Crippen LogP contribution in [-0.4, -0.2) is 52.3 Å². The molecule has 1 aliphatic heterocycles. The number of hydrogen-bond donors (Lipinski definition) is 2. The van der Waals surface area contributed by atoms with Crippen molar-refractivity contribution >= 4 is 28.6 Å². The predicted octanol–water partition coefficient (Wildman–Crippen LogP) is 4.11. The van der Waals surface area contributed by atoms with Gasteiger partial charge in [0.25, 0.3) is 0 Å². The number of carbonyl (C=O) groups is 1. The molecule has 0 spiro atoms. The number of rotatable bonds is 6. The Bertz CT molecular complexity index is 1270. The van der Waals surface area contributed by atoms with Crippen molar-refractivity contribution in [3.05, 3.63) is 84.3 Å². The van der Waals surface area contributed by atoms with Crippen LogP contribution in [0.1, 0.15) is 11.1 Å². The van der Waals surface area contributed by atoms with Crippen molar-refractivity contribution in [1.29, 1.82) is 0 Å². The van der Waals surface area contributed by atoms with Crippen LogP contribution in [0.25, 0.3) is 28.1 Å². The van der Waals surface area contributed by atoms with Crippen molar-refractivity contribution in [1.82, 2.24) is 20.1 Å². The molecule has 0 bridgehead atoms. The number of pyridine rings is 1. The lowest BCUT2D eigenvalue weighted by atomic mass is 10.0. The second kappa shape index (κ2) is 9.77. The van der Waals surface area contributed by atoms with Crippen molar-refractivity contribution in [3.8, 4) is 11.1 Å². The molecule has 2 N–H and O–H groups in total. The number of nitrogens with one attached hydrogen (secondary N) is 2. The Morgan fingerprint density at radius 2 is 1.94 bits per heavy atom. The molecule has 1 fully saturated rings. The smallest absolute Gasteiger partial charge is 0.248 e. The second-order valence-corrected chi connectivity index (χ2v) is 8.04. The van der Waals surface area contributed by atoms with Gasteiger partial charge in [-0.2, -0.15) is 5.10 Å². The van der Waals surface area contributed by atoms with E-state index in [-0.39, 0.29) is 5.91 Å². The number of anilines is 1. The third kappa shape index (κ3) is 5.16. The molecule has 0 saturated carbocycles. The summed E-state index contributed by atoms with van der Waals surface area (Å²) < 4.78 is 5.40. The number of nitrogens with zero attached hydrogens (tertiary/aromatic N) is 3. The van der Waals surface area contributed by atoms with Gasteiger partial charge in [-0.05, 0) is 47.0 Å². The third-order valence-electron chi connectivity index (χ3n) is 5.75. The van der Waals surface area contributed by atoms with Crippen molar-refractivity contribution in [2.24, 2.45) is 0 Å². The van der Waals surface area contributed by atoms with Gasteiger partial charge in [-0.3, -0.25) is 19.8 Å². The van der Waals surface area contributed by atoms with Crippen molar-refractivity contribution in [2.45, 2.75) is 6.54 Å². The van der Waals surface area contributed by atoms with E-state index in [1.54, 1.807) is 24.7 Å². The van der Waals surface area contributed by atoms with Crippen LogP contribution in [0, 0.1) is 0 Å². The van der Waals surface area contributed by atoms with Gasteiger partial charge in [-0.25, -0.2) is 0 Å². The number of amides is 1. The summed E-state index contributed by atoms with van der Waals surface area (Å²) in [6.07, 6.45) is 8.64. The molecule has 1 aliphatic rings. The maximum absolute atomic E-state index is 12.5. The molecule has 0 atom stereocenters. The van der Waals surface area contributed by atoms with Crippen LogP contribution < -0.4 is 5.32 Å². The average Bonchev–Trinajstić information content (AvgIpc) is 3.33. The molecule has 5 rings (SSSR count). The first-order valence-electron chi connectivity index (χ1n) is 11.0. The molecule has 3 heterocycles. The molecular weight excluding hydrogens is 414 g/mol. The van der Waals surface area contributed by atoms with E-state index >= 15 is 0 Å². The fraction of sp³-hybridized carbons (Fsp3) is 0.192. The highest BCUT2D eigenvalue weighted by molar-refractivity contribution is 6.02. The lowest BCUT2D eigenvalue weighted by molar-refractivity contribution is -0.111. The van der Waals surface area contributed by atoms with Crippen LogP contribution in [-0.2, 0) is 16.1 Å². The minimum atomic E-state index is -0.185. The number of carbonyl (C=O) groups excluding carboxylic acids is 1. The summed E-state index contributed by atoms with van der Waals surface area (Å²) >= 11 is 0. The summed E-state index contributed by atoms with van der Waals surface area (Å²) in [4.78, 5) is 19.1. The maximum Gasteiger partial charge on any atom is 0.248 e. The zero-order chi connectivity index (χ0) is 22.5. The molecule has 7 nitrogen and oxygen atoms in total. The third-order valence-corrected chi connectivity index (χ3v) is 5.75. The average molecular weight is 440 g/mol. The van der Waals surface area contributed by atoms with Crippen LogP contribution in [0.4, 0.5) is 5.69 Å². The Hall–Kier alpha value is -3.81. The zero-order valence-electron chi connectivity index (χ0n) is 18.2. The van der Waals surface area contributed by atoms with Crippen molar-refractivity contribution in [2.75, 3.05) is 31.6 Å². The van der Waals surface area contributed by atoms with Crippen molar-refractivity contribution in [3.63, 3.8) is 0 Å². The quantitative estimate of drug-likeness (QED) is 0.442. The highest BCUT2D eigenvalue weighted by Gasteiger charge is 2.11. The highest BCUT2D eigenvalue weighted by atomic mass is 16.5. The number of morpholine rings is 1. The lowest BCUT2D eigenvalue weighted by Crippen LogP contribution is -2.35. The van der Waals surface area contributed by atoms with E-state index in [9.17, 15) is 4.79 Å². The number of ether oxygens (including phenoxy) is 1. The molecule has 4 aromatic rings. The molecule has 33 heavy (non-hydrogen) atoms. The Kier molecular flexibility index (Phi) is 6.23. The first-order valence-corrected chi connectivity index (χ1v) is 11.0. The van der Waals surface area contributed by atoms with Gasteiger partial charge in [0, 0.05) is 54.7 Å². The number of aromatic amines is 1. The summed E-state index contributed by atoms with van der Waals surface area (Å²) in [7, 11) is 0. The first kappa shape index (κ1) is 21.1. The van der Waals surface area contributed by atoms with E-state index in [4.69, 9.17) is 4.74 Å². The summed E-state index contributed by atoms with van der Waals surface area (Å²) in [6, 6.07) is 16.1. The summed E-state index contributed by atoms with van der Waals surface area (Å²) in [5.74, 6) is -0.185. The van der Waals surface area contributed by atoms with Gasteiger partial charge in [0.05, 0.1) is 24.9 Å². The Labute approximate surface area is 192 Å². The van der Waals surface area contributed by atoms with Gasteiger partial charge in [0.1, 0.15) is 0 Å². The van der Waals surface area contributed by atoms with Gasteiger partial charge in [-0.1, -0.05) is 24.3 Å². The van der Waals surface area contributed by atoms with Gasteiger partial charge >= 0.3 is 0 Å². The number of aromatic nitrogens is 3. The lowest BCUT2D eigenvalue weighted by Gasteiger charge is -2.26. The van der Waals surface area contributed by atoms with Crippen LogP contribution in [0.3, 0.4) is 0 Å². The molecule has 1 amide bonds. The molecule has 1 saturated heterocycles. The molecular formula is C26H25N5O2. The molecule has 0 radical (unpaired) electrons. The molecule has 0 unspecified atom stereocenters. The minimum Gasteiger partial charge on any atom is -0.379 e. The van der Waals surface area contributed by atoms with Gasteiger partial charge in [0.15, 0.2) is 0 Å². The monoisotopic (exact) mass is 439 g/mol. The molecule has 166 valence electrons. The normalized spacial score (nSPS) is 14.7. The number of hydrogen-bond acceptors (Lipinski definition) is 5. The van der Waals surface area contributed by atoms with E-state index in [0.717, 1.165) is 66.1 Å². The molecule has 7 heteroatoms. The Balaban J connectivity index is 1.25. The van der Waals surface area contributed by atoms with Crippen molar-refractivity contribution < 1.29 is 9.53 Å². The highest BCUT2D eigenvalue weighted by Crippen LogP contribution is 2.26. The van der Waals surface area contributed by atoms with E-state index in [1.807, 2.05) is 36.4 Å². The fourth-order valence-electron chi connectivity index (χ4n) is 3.97. The Morgan fingerprint density at radius 3 is 2.79 bits per heavy atom. The number of fused-ring (bicyclic) bond motifs is 1. The molecule has 0 aliphatic carbocycles. The Morgan fingerprint density at radius 1 is 1.09 bits per heavy atom. The van der Waals surface area contributed by atoms with E-state index in [1.165, 1.54) is 11.6 Å². The van der Waals surface area contributed by atoms with E-state index in [0.29, 0.717) is 0 Å². The van der Waals surface area contributed by atoms with Crippen LogP contribution >= 0.6 is 0 Å². The van der Waals surface area contributed by atoms with Gasteiger partial charge in [0.2, 0.25) is 5.91 Å². The molecule has 2 aromatic heterocycles. The van der Waals surface area contributed by atoms with Crippen LogP contribution in [0.2, 0.25) is 0 Å². The molecule has 2 aromatic carbocycles. The van der Waals surface area contributed by atoms with Gasteiger partial charge < -0.3 is 10.1 Å². The maximum atomic E-state index is 12.5. The second-order valence-electron chi connectivity index (χ2n) is 8.04. The van der Waals surface area contributed by atoms with Crippen LogP contribution in [0.15, 0.2) is 73.2 Å². The van der Waals surface area contributed by atoms with Gasteiger partial charge in [-0.15, -0.1) is 0 Å². The summed E-state index contributed by atoms with van der Waals surface area (Å²) in [6.45, 7) is 4.38. The van der Waals surface area contributed by atoms with Crippen LogP contribution in [0.5, 0.6) is 0 Å². The predicted molar refractivity (Wildman–Crippen MR) is 130 cm³/mol. The largest absolute Gasteiger partial charge is 0.379 e. The SMILES string of the molecule is O=C(C=Cc1cnccc1-c1ccc2cn[nH]c2c1)Nc1ccc(CN2CCOCC2)cc1. The number of benzene rings is 2.